The highest BCUT2D eigenvalue weighted by molar-refractivity contribution is 5.90. The quantitative estimate of drug-likeness (QED) is 0.778. The van der Waals surface area contributed by atoms with Crippen LogP contribution in [-0.4, -0.2) is 30.8 Å². The Bertz CT molecular complexity index is 618. The van der Waals surface area contributed by atoms with E-state index in [9.17, 15) is 4.79 Å². The van der Waals surface area contributed by atoms with Crippen LogP contribution in [0, 0.1) is 0 Å². The number of aryl methyl sites for hydroxylation is 2. The molecule has 2 aromatic heterocycles. The molecule has 0 amide bonds. The summed E-state index contributed by atoms with van der Waals surface area (Å²) < 4.78 is 1.59. The molecule has 0 atom stereocenters. The first-order chi connectivity index (χ1) is 8.18. The minimum Gasteiger partial charge on any atom is -0.476 e. The Kier molecular flexibility index (Phi) is 1.98. The van der Waals surface area contributed by atoms with E-state index < -0.39 is 5.97 Å². The lowest BCUT2D eigenvalue weighted by Gasteiger charge is -2.15. The summed E-state index contributed by atoms with van der Waals surface area (Å²) >= 11 is 0. The summed E-state index contributed by atoms with van der Waals surface area (Å²) in [6.45, 7) is 0. The molecule has 2 heterocycles. The third kappa shape index (κ3) is 1.33. The molecule has 0 spiro atoms. The van der Waals surface area contributed by atoms with Crippen molar-refractivity contribution in [1.29, 1.82) is 0 Å². The standard InChI is InChI=1S/C11H10N4O2/c1-15-10-7(9(14-15)11(16)17)3-2-6-4-12-5-13-8(6)10/h4-5H,2-3H2,1H3,(H,16,17). The maximum atomic E-state index is 11.1. The van der Waals surface area contributed by atoms with Crippen molar-refractivity contribution in [2.45, 2.75) is 12.8 Å². The van der Waals surface area contributed by atoms with Gasteiger partial charge in [-0.2, -0.15) is 5.10 Å². The number of rotatable bonds is 1. The van der Waals surface area contributed by atoms with Crippen molar-refractivity contribution in [3.63, 3.8) is 0 Å². The fourth-order valence-corrected chi connectivity index (χ4v) is 2.29. The second-order valence-electron chi connectivity index (χ2n) is 4.00. The Morgan fingerprint density at radius 2 is 2.29 bits per heavy atom. The number of carboxylic acids is 1. The fourth-order valence-electron chi connectivity index (χ4n) is 2.29. The fraction of sp³-hybridized carbons (Fsp3) is 0.273. The number of hydrogen-bond donors (Lipinski definition) is 1. The van der Waals surface area contributed by atoms with E-state index in [2.05, 4.69) is 15.1 Å². The average molecular weight is 230 g/mol. The Hall–Kier alpha value is -2.24. The highest BCUT2D eigenvalue weighted by Crippen LogP contribution is 2.32. The van der Waals surface area contributed by atoms with Crippen molar-refractivity contribution < 1.29 is 9.90 Å². The highest BCUT2D eigenvalue weighted by Gasteiger charge is 2.27. The lowest BCUT2D eigenvalue weighted by molar-refractivity contribution is 0.0688. The number of fused-ring (bicyclic) bond motifs is 3. The van der Waals surface area contributed by atoms with Crippen LogP contribution < -0.4 is 0 Å². The van der Waals surface area contributed by atoms with Gasteiger partial charge in [0.1, 0.15) is 6.33 Å². The molecule has 0 saturated heterocycles. The van der Waals surface area contributed by atoms with Gasteiger partial charge in [-0.25, -0.2) is 14.8 Å². The summed E-state index contributed by atoms with van der Waals surface area (Å²) in [4.78, 5) is 19.3. The van der Waals surface area contributed by atoms with Gasteiger partial charge in [-0.3, -0.25) is 4.68 Å². The molecule has 0 aliphatic heterocycles. The smallest absolute Gasteiger partial charge is 0.356 e. The van der Waals surface area contributed by atoms with Crippen molar-refractivity contribution in [2.75, 3.05) is 0 Å². The van der Waals surface area contributed by atoms with Gasteiger partial charge in [-0.15, -0.1) is 0 Å². The van der Waals surface area contributed by atoms with Crippen LogP contribution in [0.3, 0.4) is 0 Å². The van der Waals surface area contributed by atoms with E-state index in [1.54, 1.807) is 17.9 Å². The molecule has 6 nitrogen and oxygen atoms in total. The Morgan fingerprint density at radius 1 is 1.47 bits per heavy atom. The molecule has 3 rings (SSSR count). The van der Waals surface area contributed by atoms with Crippen LogP contribution >= 0.6 is 0 Å². The van der Waals surface area contributed by atoms with E-state index in [4.69, 9.17) is 5.11 Å². The summed E-state index contributed by atoms with van der Waals surface area (Å²) in [5.74, 6) is -0.987. The minimum atomic E-state index is -0.987. The second-order valence-corrected chi connectivity index (χ2v) is 4.00. The largest absolute Gasteiger partial charge is 0.476 e. The van der Waals surface area contributed by atoms with E-state index >= 15 is 0 Å². The van der Waals surface area contributed by atoms with Crippen molar-refractivity contribution in [1.82, 2.24) is 19.7 Å². The summed E-state index contributed by atoms with van der Waals surface area (Å²) in [7, 11) is 1.74. The second kappa shape index (κ2) is 3.38. The number of aromatic nitrogens is 4. The summed E-state index contributed by atoms with van der Waals surface area (Å²) in [6.07, 6.45) is 4.68. The lowest BCUT2D eigenvalue weighted by atomic mass is 9.93. The molecule has 1 aliphatic carbocycles. The molecule has 0 radical (unpaired) electrons. The van der Waals surface area contributed by atoms with Gasteiger partial charge >= 0.3 is 5.97 Å². The maximum absolute atomic E-state index is 11.1. The molecule has 86 valence electrons. The molecule has 0 bridgehead atoms. The van der Waals surface area contributed by atoms with Gasteiger partial charge in [0.25, 0.3) is 0 Å². The monoisotopic (exact) mass is 230 g/mol. The van der Waals surface area contributed by atoms with Gasteiger partial charge in [-0.1, -0.05) is 0 Å². The molecular formula is C11H10N4O2. The SMILES string of the molecule is Cn1nc(C(=O)O)c2c1-c1ncncc1CC2. The van der Waals surface area contributed by atoms with Gasteiger partial charge in [-0.05, 0) is 18.4 Å². The number of nitrogens with zero attached hydrogens (tertiary/aromatic N) is 4. The van der Waals surface area contributed by atoms with Crippen LogP contribution in [0.5, 0.6) is 0 Å². The van der Waals surface area contributed by atoms with Crippen LogP contribution in [0.2, 0.25) is 0 Å². The summed E-state index contributed by atoms with van der Waals surface area (Å²) in [6, 6.07) is 0. The predicted molar refractivity (Wildman–Crippen MR) is 58.6 cm³/mol. The average Bonchev–Trinajstić information content (AvgIpc) is 2.67. The minimum absolute atomic E-state index is 0.131. The van der Waals surface area contributed by atoms with E-state index in [0.29, 0.717) is 6.42 Å². The summed E-state index contributed by atoms with van der Waals surface area (Å²) in [5, 5.41) is 13.1. The van der Waals surface area contributed by atoms with E-state index in [-0.39, 0.29) is 5.69 Å². The van der Waals surface area contributed by atoms with Crippen LogP contribution in [0.4, 0.5) is 0 Å². The normalized spacial score (nSPS) is 13.0. The van der Waals surface area contributed by atoms with Crippen molar-refractivity contribution in [3.8, 4) is 11.4 Å². The Labute approximate surface area is 96.9 Å². The van der Waals surface area contributed by atoms with E-state index in [1.807, 2.05) is 0 Å². The van der Waals surface area contributed by atoms with Crippen LogP contribution in [0.25, 0.3) is 11.4 Å². The predicted octanol–water partition coefficient (Wildman–Crippen LogP) is 0.674. The third-order valence-electron chi connectivity index (χ3n) is 3.00. The molecule has 0 aromatic carbocycles. The van der Waals surface area contributed by atoms with E-state index in [1.165, 1.54) is 6.33 Å². The Morgan fingerprint density at radius 3 is 3.06 bits per heavy atom. The maximum Gasteiger partial charge on any atom is 0.356 e. The summed E-state index contributed by atoms with van der Waals surface area (Å²) in [5.41, 5.74) is 3.53. The Balaban J connectivity index is 2.30. The van der Waals surface area contributed by atoms with Crippen LogP contribution in [0.15, 0.2) is 12.5 Å². The highest BCUT2D eigenvalue weighted by atomic mass is 16.4. The lowest BCUT2D eigenvalue weighted by Crippen LogP contribution is -2.09. The van der Waals surface area contributed by atoms with Gasteiger partial charge in [0, 0.05) is 18.8 Å². The third-order valence-corrected chi connectivity index (χ3v) is 3.00. The molecule has 0 unspecified atom stereocenters. The molecule has 0 saturated carbocycles. The molecule has 1 aliphatic rings. The van der Waals surface area contributed by atoms with Gasteiger partial charge in [0.15, 0.2) is 5.69 Å². The van der Waals surface area contributed by atoms with Gasteiger partial charge in [0.05, 0.1) is 11.4 Å². The van der Waals surface area contributed by atoms with Crippen molar-refractivity contribution >= 4 is 5.97 Å². The first-order valence-corrected chi connectivity index (χ1v) is 5.27. The van der Waals surface area contributed by atoms with Crippen molar-refractivity contribution in [2.24, 2.45) is 7.05 Å². The molecule has 1 N–H and O–H groups in total. The first-order valence-electron chi connectivity index (χ1n) is 5.27. The topological polar surface area (TPSA) is 80.9 Å². The van der Waals surface area contributed by atoms with Crippen molar-refractivity contribution in [3.05, 3.63) is 29.3 Å². The van der Waals surface area contributed by atoms with Gasteiger partial charge < -0.3 is 5.11 Å². The molecular weight excluding hydrogens is 220 g/mol. The number of carboxylic acid groups (broad SMARTS) is 1. The zero-order valence-corrected chi connectivity index (χ0v) is 9.21. The van der Waals surface area contributed by atoms with E-state index in [0.717, 1.165) is 28.9 Å². The molecule has 0 fully saturated rings. The van der Waals surface area contributed by atoms with Crippen LogP contribution in [-0.2, 0) is 19.9 Å². The van der Waals surface area contributed by atoms with Gasteiger partial charge in [0.2, 0.25) is 0 Å². The zero-order chi connectivity index (χ0) is 12.0. The molecule has 17 heavy (non-hydrogen) atoms. The number of carbonyl (C=O) groups is 1. The zero-order valence-electron chi connectivity index (χ0n) is 9.21. The van der Waals surface area contributed by atoms with Crippen LogP contribution in [0.1, 0.15) is 21.6 Å². The first kappa shape index (κ1) is 9.95. The number of hydrogen-bond acceptors (Lipinski definition) is 4. The molecule has 6 heteroatoms. The number of aromatic carboxylic acids is 1. The molecule has 2 aromatic rings.